The summed E-state index contributed by atoms with van der Waals surface area (Å²) < 4.78 is 45.9. The fourth-order valence-corrected chi connectivity index (χ4v) is 7.53. The van der Waals surface area contributed by atoms with Crippen molar-refractivity contribution in [2.75, 3.05) is 31.7 Å². The van der Waals surface area contributed by atoms with Crippen LogP contribution in [-0.4, -0.2) is 64.6 Å². The summed E-state index contributed by atoms with van der Waals surface area (Å²) >= 11 is 12.7. The number of carbonyl (C=O) groups is 2. The molecule has 2 amide bonds. The summed E-state index contributed by atoms with van der Waals surface area (Å²) in [5, 5.41) is 3.84. The van der Waals surface area contributed by atoms with E-state index < -0.39 is 28.5 Å². The molecule has 47 heavy (non-hydrogen) atoms. The van der Waals surface area contributed by atoms with Gasteiger partial charge in [-0.3, -0.25) is 13.9 Å². The van der Waals surface area contributed by atoms with Gasteiger partial charge in [0.15, 0.2) is 11.5 Å². The Morgan fingerprint density at radius 1 is 0.936 bits per heavy atom. The largest absolute Gasteiger partial charge is 0.494 e. The first-order valence-corrected chi connectivity index (χ1v) is 17.7. The lowest BCUT2D eigenvalue weighted by Crippen LogP contribution is -2.53. The van der Waals surface area contributed by atoms with Gasteiger partial charge in [-0.25, -0.2) is 8.42 Å². The van der Waals surface area contributed by atoms with Crippen molar-refractivity contribution >= 4 is 50.7 Å². The summed E-state index contributed by atoms with van der Waals surface area (Å²) in [4.78, 5) is 29.4. The minimum absolute atomic E-state index is 0.0263. The maximum absolute atomic E-state index is 14.4. The standard InChI is InChI=1S/C34H41Cl2N3O7S/c1-5-30(34(41)37-25-9-7-8-10-25)38(21-23-11-12-24(35)19-29(23)36)33(40)22-39(26-13-15-27(16-14-26)46-6-2)47(42,43)28-17-18-31(44-3)32(20-28)45-4/h11-20,25,30H,5-10,21-22H2,1-4H3,(H,37,41)/t30-/m0/s1. The van der Waals surface area contributed by atoms with Crippen molar-refractivity contribution in [2.45, 2.75) is 69.5 Å². The number of amides is 2. The van der Waals surface area contributed by atoms with E-state index in [9.17, 15) is 18.0 Å². The number of anilines is 1. The Hall–Kier alpha value is -3.67. The summed E-state index contributed by atoms with van der Waals surface area (Å²) in [6, 6.07) is 14.7. The number of sulfonamides is 1. The molecule has 254 valence electrons. The molecule has 1 fully saturated rings. The molecular weight excluding hydrogens is 665 g/mol. The van der Waals surface area contributed by atoms with Crippen molar-refractivity contribution < 1.29 is 32.2 Å². The molecule has 13 heteroatoms. The molecule has 1 aliphatic carbocycles. The number of carbonyl (C=O) groups excluding carboxylic acids is 2. The smallest absolute Gasteiger partial charge is 0.264 e. The van der Waals surface area contributed by atoms with Crippen LogP contribution in [0.3, 0.4) is 0 Å². The van der Waals surface area contributed by atoms with Crippen LogP contribution in [0.4, 0.5) is 5.69 Å². The quantitative estimate of drug-likeness (QED) is 0.193. The van der Waals surface area contributed by atoms with E-state index in [2.05, 4.69) is 5.32 Å². The number of nitrogens with zero attached hydrogens (tertiary/aromatic N) is 2. The number of ether oxygens (including phenoxy) is 3. The first kappa shape index (κ1) is 36.2. The van der Waals surface area contributed by atoms with Gasteiger partial charge in [-0.1, -0.05) is 49.0 Å². The van der Waals surface area contributed by atoms with Crippen molar-refractivity contribution in [3.8, 4) is 17.2 Å². The zero-order valence-electron chi connectivity index (χ0n) is 27.0. The van der Waals surface area contributed by atoms with Gasteiger partial charge in [0.05, 0.1) is 31.4 Å². The molecule has 0 aromatic heterocycles. The molecule has 1 N–H and O–H groups in total. The van der Waals surface area contributed by atoms with Crippen LogP contribution in [-0.2, 0) is 26.2 Å². The van der Waals surface area contributed by atoms with E-state index in [4.69, 9.17) is 37.4 Å². The van der Waals surface area contributed by atoms with Gasteiger partial charge in [0.1, 0.15) is 18.3 Å². The Morgan fingerprint density at radius 3 is 2.21 bits per heavy atom. The highest BCUT2D eigenvalue weighted by molar-refractivity contribution is 7.92. The van der Waals surface area contributed by atoms with Crippen LogP contribution in [0.25, 0.3) is 0 Å². The van der Waals surface area contributed by atoms with Crippen molar-refractivity contribution in [3.05, 3.63) is 76.3 Å². The Morgan fingerprint density at radius 2 is 1.62 bits per heavy atom. The monoisotopic (exact) mass is 705 g/mol. The highest BCUT2D eigenvalue weighted by Crippen LogP contribution is 2.33. The fraction of sp³-hybridized carbons (Fsp3) is 0.412. The Kier molecular flexibility index (Phi) is 12.6. The number of methoxy groups -OCH3 is 2. The highest BCUT2D eigenvalue weighted by Gasteiger charge is 2.35. The van der Waals surface area contributed by atoms with E-state index >= 15 is 0 Å². The number of hydrogen-bond acceptors (Lipinski definition) is 7. The van der Waals surface area contributed by atoms with Crippen LogP contribution in [0.2, 0.25) is 10.0 Å². The van der Waals surface area contributed by atoms with Gasteiger partial charge < -0.3 is 24.4 Å². The second-order valence-corrected chi connectivity index (χ2v) is 13.8. The summed E-state index contributed by atoms with van der Waals surface area (Å²) in [6.07, 6.45) is 4.08. The second kappa shape index (κ2) is 16.4. The van der Waals surface area contributed by atoms with Crippen molar-refractivity contribution in [2.24, 2.45) is 0 Å². The molecular formula is C34H41Cl2N3O7S. The lowest BCUT2D eigenvalue weighted by atomic mass is 10.1. The van der Waals surface area contributed by atoms with E-state index in [0.717, 1.165) is 30.0 Å². The number of rotatable bonds is 15. The van der Waals surface area contributed by atoms with Crippen molar-refractivity contribution in [3.63, 3.8) is 0 Å². The molecule has 0 spiro atoms. The van der Waals surface area contributed by atoms with Gasteiger partial charge in [-0.2, -0.15) is 0 Å². The number of nitrogens with one attached hydrogen (secondary N) is 1. The molecule has 4 rings (SSSR count). The number of halogens is 2. The zero-order valence-corrected chi connectivity index (χ0v) is 29.3. The number of benzene rings is 3. The molecule has 0 radical (unpaired) electrons. The van der Waals surface area contributed by atoms with E-state index in [1.54, 1.807) is 42.5 Å². The van der Waals surface area contributed by atoms with Crippen molar-refractivity contribution in [1.82, 2.24) is 10.2 Å². The van der Waals surface area contributed by atoms with Gasteiger partial charge in [0, 0.05) is 28.7 Å². The molecule has 0 saturated heterocycles. The van der Waals surface area contributed by atoms with Gasteiger partial charge in [-0.15, -0.1) is 0 Å². The van der Waals surface area contributed by atoms with Crippen LogP contribution >= 0.6 is 23.2 Å². The third-order valence-electron chi connectivity index (χ3n) is 8.10. The molecule has 0 unspecified atom stereocenters. The molecule has 3 aromatic carbocycles. The maximum atomic E-state index is 14.4. The number of hydrogen-bond donors (Lipinski definition) is 1. The van der Waals surface area contributed by atoms with Crippen LogP contribution < -0.4 is 23.8 Å². The van der Waals surface area contributed by atoms with Gasteiger partial charge in [0.25, 0.3) is 10.0 Å². The zero-order chi connectivity index (χ0) is 34.1. The lowest BCUT2D eigenvalue weighted by Gasteiger charge is -2.34. The predicted molar refractivity (Wildman–Crippen MR) is 183 cm³/mol. The Bertz CT molecular complexity index is 1650. The molecule has 10 nitrogen and oxygen atoms in total. The molecule has 0 bridgehead atoms. The topological polar surface area (TPSA) is 114 Å². The van der Waals surface area contributed by atoms with Gasteiger partial charge >= 0.3 is 0 Å². The van der Waals surface area contributed by atoms with E-state index in [0.29, 0.717) is 40.1 Å². The van der Waals surface area contributed by atoms with Gasteiger partial charge in [0.2, 0.25) is 11.8 Å². The third-order valence-corrected chi connectivity index (χ3v) is 10.5. The first-order chi connectivity index (χ1) is 22.5. The Labute approximate surface area is 286 Å². The Balaban J connectivity index is 1.77. The average Bonchev–Trinajstić information content (AvgIpc) is 3.57. The summed E-state index contributed by atoms with van der Waals surface area (Å²) in [5.41, 5.74) is 0.788. The van der Waals surface area contributed by atoms with E-state index in [1.165, 1.54) is 37.3 Å². The molecule has 0 aliphatic heterocycles. The van der Waals surface area contributed by atoms with Crippen LogP contribution in [0.15, 0.2) is 65.6 Å². The summed E-state index contributed by atoms with van der Waals surface area (Å²) in [7, 11) is -1.50. The maximum Gasteiger partial charge on any atom is 0.264 e. The summed E-state index contributed by atoms with van der Waals surface area (Å²) in [6.45, 7) is 3.43. The SMILES string of the molecule is CCOc1ccc(N(CC(=O)N(Cc2ccc(Cl)cc2Cl)[C@@H](CC)C(=O)NC2CCCC2)S(=O)(=O)c2ccc(OC)c(OC)c2)cc1. The normalized spacial score (nSPS) is 13.9. The first-order valence-electron chi connectivity index (χ1n) is 15.5. The minimum atomic E-state index is -4.36. The molecule has 0 heterocycles. The van der Waals surface area contributed by atoms with Crippen LogP contribution in [0, 0.1) is 0 Å². The van der Waals surface area contributed by atoms with E-state index in [-0.39, 0.29) is 34.8 Å². The van der Waals surface area contributed by atoms with Crippen LogP contribution in [0.1, 0.15) is 51.5 Å². The summed E-state index contributed by atoms with van der Waals surface area (Å²) in [5.74, 6) is 0.204. The van der Waals surface area contributed by atoms with E-state index in [1.807, 2.05) is 13.8 Å². The van der Waals surface area contributed by atoms with Crippen molar-refractivity contribution in [1.29, 1.82) is 0 Å². The molecule has 1 aliphatic rings. The van der Waals surface area contributed by atoms with Crippen LogP contribution in [0.5, 0.6) is 17.2 Å². The minimum Gasteiger partial charge on any atom is -0.494 e. The molecule has 3 aromatic rings. The predicted octanol–water partition coefficient (Wildman–Crippen LogP) is 6.47. The van der Waals surface area contributed by atoms with Gasteiger partial charge in [-0.05, 0) is 80.3 Å². The second-order valence-electron chi connectivity index (χ2n) is 11.1. The molecule has 1 atom stereocenters. The third kappa shape index (κ3) is 8.82. The molecule has 1 saturated carbocycles. The fourth-order valence-electron chi connectivity index (χ4n) is 5.63. The highest BCUT2D eigenvalue weighted by atomic mass is 35.5. The average molecular weight is 707 g/mol. The lowest BCUT2D eigenvalue weighted by molar-refractivity contribution is -0.140.